The predicted octanol–water partition coefficient (Wildman–Crippen LogP) is 12.2. The average Bonchev–Trinajstić information content (AvgIpc) is 3.39. The maximum Gasteiger partial charge on any atom is 0.0629 e. The molecule has 0 radical (unpaired) electrons. The van der Waals surface area contributed by atoms with Gasteiger partial charge in [0, 0.05) is 33.8 Å². The van der Waals surface area contributed by atoms with E-state index >= 15 is 0 Å². The molecule has 0 fully saturated rings. The number of rotatable bonds is 6. The molecule has 0 N–H and O–H groups in total. The summed E-state index contributed by atoms with van der Waals surface area (Å²) in [6.45, 7) is 4.27. The zero-order valence-corrected chi connectivity index (χ0v) is 25.9. The van der Waals surface area contributed by atoms with E-state index in [4.69, 9.17) is 2.74 Å². The Labute approximate surface area is 272 Å². The zero-order chi connectivity index (χ0) is 32.8. The monoisotopic (exact) mass is 592 g/mol. The van der Waals surface area contributed by atoms with Gasteiger partial charge in [-0.15, -0.1) is 0 Å². The Morgan fingerprint density at radius 3 is 1.65 bits per heavy atom. The Hall–Kier alpha value is -5.86. The Kier molecular flexibility index (Phi) is 6.41. The maximum absolute atomic E-state index is 9.06. The third kappa shape index (κ3) is 5.04. The smallest absolute Gasteiger partial charge is 0.0629 e. The summed E-state index contributed by atoms with van der Waals surface area (Å²) in [5, 5.41) is 5.84. The molecular weight excluding hydrogens is 556 g/mol. The highest BCUT2D eigenvalue weighted by Gasteiger charge is 2.15. The number of anilines is 3. The van der Waals surface area contributed by atoms with Gasteiger partial charge in [0.2, 0.25) is 0 Å². The van der Waals surface area contributed by atoms with Crippen molar-refractivity contribution in [3.8, 4) is 5.69 Å². The number of nitrogens with zero attached hydrogens (tertiary/aromatic N) is 2. The van der Waals surface area contributed by atoms with Crippen molar-refractivity contribution in [1.29, 1.82) is 0 Å². The van der Waals surface area contributed by atoms with Crippen LogP contribution in [0.5, 0.6) is 0 Å². The lowest BCUT2D eigenvalue weighted by atomic mass is 10.1. The van der Waals surface area contributed by atoms with Gasteiger partial charge in [-0.1, -0.05) is 109 Å². The molecule has 8 rings (SSSR count). The van der Waals surface area contributed by atoms with Gasteiger partial charge in [-0.05, 0) is 113 Å². The first-order chi connectivity index (χ1) is 23.5. The van der Waals surface area contributed by atoms with Gasteiger partial charge < -0.3 is 9.47 Å². The number of fused-ring (bicyclic) bond motifs is 3. The first-order valence-electron chi connectivity index (χ1n) is 16.7. The van der Waals surface area contributed by atoms with E-state index in [9.17, 15) is 0 Å². The van der Waals surface area contributed by atoms with Gasteiger partial charge in [0.1, 0.15) is 0 Å². The van der Waals surface area contributed by atoms with Gasteiger partial charge in [-0.25, -0.2) is 0 Å². The molecular formula is C44H34N2. The minimum absolute atomic E-state index is 0.195. The minimum atomic E-state index is 0.195. The summed E-state index contributed by atoms with van der Waals surface area (Å²) in [5.41, 5.74) is 9.11. The molecule has 1 heterocycles. The standard InChI is InChI=1S/C44H34N2/c1-31-32(2)45(39-14-4-3-5-15-39)44-27-20-34(28-43(31)44)17-16-33-18-23-40(24-19-33)46(41-25-21-35-10-6-8-12-37(35)29-41)42-26-22-36-11-7-9-13-38(36)30-42/h3-30H,1-2H3/b17-16+/i16D,17D. The lowest BCUT2D eigenvalue weighted by Crippen LogP contribution is -2.09. The first kappa shape index (κ1) is 25.5. The van der Waals surface area contributed by atoms with Crippen LogP contribution >= 0.6 is 0 Å². The summed E-state index contributed by atoms with van der Waals surface area (Å²) < 4.78 is 20.4. The van der Waals surface area contributed by atoms with Gasteiger partial charge in [0.05, 0.1) is 8.26 Å². The van der Waals surface area contributed by atoms with E-state index in [0.717, 1.165) is 39.2 Å². The molecule has 1 aromatic heterocycles. The Balaban J connectivity index is 1.18. The maximum atomic E-state index is 9.06. The van der Waals surface area contributed by atoms with E-state index in [-0.39, 0.29) is 12.1 Å². The van der Waals surface area contributed by atoms with Crippen molar-refractivity contribution in [3.05, 3.63) is 180 Å². The van der Waals surface area contributed by atoms with Crippen LogP contribution in [0, 0.1) is 13.8 Å². The lowest BCUT2D eigenvalue weighted by Gasteiger charge is -2.26. The molecule has 0 spiro atoms. The summed E-state index contributed by atoms with van der Waals surface area (Å²) in [6.07, 6.45) is 0. The molecule has 2 heteroatoms. The number of hydrogen-bond donors (Lipinski definition) is 0. The van der Waals surface area contributed by atoms with Crippen molar-refractivity contribution in [2.45, 2.75) is 13.8 Å². The molecule has 0 saturated carbocycles. The molecule has 0 aliphatic carbocycles. The minimum Gasteiger partial charge on any atom is -0.314 e. The third-order valence-corrected chi connectivity index (χ3v) is 8.99. The molecule has 0 unspecified atom stereocenters. The first-order valence-corrected chi connectivity index (χ1v) is 15.7. The van der Waals surface area contributed by atoms with Crippen LogP contribution in [-0.2, 0) is 0 Å². The Bertz CT molecular complexity index is 2410. The Morgan fingerprint density at radius 2 is 1.02 bits per heavy atom. The highest BCUT2D eigenvalue weighted by molar-refractivity contribution is 5.93. The van der Waals surface area contributed by atoms with Crippen LogP contribution in [0.3, 0.4) is 0 Å². The highest BCUT2D eigenvalue weighted by Crippen LogP contribution is 2.38. The van der Waals surface area contributed by atoms with Crippen LogP contribution in [0.1, 0.15) is 25.1 Å². The summed E-state index contributed by atoms with van der Waals surface area (Å²) in [6, 6.07) is 54.8. The molecule has 220 valence electrons. The number of aromatic nitrogens is 1. The summed E-state index contributed by atoms with van der Waals surface area (Å²) in [7, 11) is 0. The van der Waals surface area contributed by atoms with Gasteiger partial charge in [0.25, 0.3) is 0 Å². The van der Waals surface area contributed by atoms with Crippen molar-refractivity contribution >= 4 is 61.6 Å². The van der Waals surface area contributed by atoms with Gasteiger partial charge in [0.15, 0.2) is 0 Å². The molecule has 7 aromatic carbocycles. The molecule has 0 atom stereocenters. The molecule has 0 aliphatic heterocycles. The fraction of sp³-hybridized carbons (Fsp3) is 0.0455. The Morgan fingerprint density at radius 1 is 0.500 bits per heavy atom. The molecule has 0 aliphatic rings. The third-order valence-electron chi connectivity index (χ3n) is 8.99. The largest absolute Gasteiger partial charge is 0.314 e. The topological polar surface area (TPSA) is 8.17 Å². The highest BCUT2D eigenvalue weighted by atomic mass is 15.1. The second kappa shape index (κ2) is 11.6. The number of para-hydroxylation sites is 1. The average molecular weight is 593 g/mol. The van der Waals surface area contributed by atoms with Crippen LogP contribution in [0.25, 0.3) is 50.2 Å². The van der Waals surface area contributed by atoms with Crippen LogP contribution in [0.2, 0.25) is 0 Å². The molecule has 0 saturated heterocycles. The van der Waals surface area contributed by atoms with Crippen LogP contribution in [0.4, 0.5) is 17.1 Å². The van der Waals surface area contributed by atoms with Gasteiger partial charge in [-0.2, -0.15) is 0 Å². The summed E-state index contributed by atoms with van der Waals surface area (Å²) in [4.78, 5) is 2.26. The van der Waals surface area contributed by atoms with Crippen molar-refractivity contribution < 1.29 is 2.74 Å². The number of benzene rings is 7. The van der Waals surface area contributed by atoms with E-state index in [1.165, 1.54) is 32.8 Å². The van der Waals surface area contributed by atoms with Crippen LogP contribution < -0.4 is 4.90 Å². The fourth-order valence-corrected chi connectivity index (χ4v) is 6.48. The molecule has 8 aromatic rings. The van der Waals surface area contributed by atoms with Gasteiger partial charge in [-0.3, -0.25) is 0 Å². The van der Waals surface area contributed by atoms with E-state index in [1.807, 2.05) is 24.3 Å². The van der Waals surface area contributed by atoms with E-state index in [1.54, 1.807) is 0 Å². The second-order valence-electron chi connectivity index (χ2n) is 11.8. The molecule has 2 nitrogen and oxygen atoms in total. The fourth-order valence-electron chi connectivity index (χ4n) is 6.48. The number of hydrogen-bond acceptors (Lipinski definition) is 1. The van der Waals surface area contributed by atoms with Crippen molar-refractivity contribution in [1.82, 2.24) is 4.57 Å². The quantitative estimate of drug-likeness (QED) is 0.174. The predicted molar refractivity (Wildman–Crippen MR) is 198 cm³/mol. The van der Waals surface area contributed by atoms with Crippen molar-refractivity contribution in [3.63, 3.8) is 0 Å². The van der Waals surface area contributed by atoms with E-state index < -0.39 is 0 Å². The summed E-state index contributed by atoms with van der Waals surface area (Å²) >= 11 is 0. The molecule has 46 heavy (non-hydrogen) atoms. The van der Waals surface area contributed by atoms with Crippen molar-refractivity contribution in [2.24, 2.45) is 0 Å². The van der Waals surface area contributed by atoms with E-state index in [2.05, 4.69) is 157 Å². The summed E-state index contributed by atoms with van der Waals surface area (Å²) in [5.74, 6) is 0. The van der Waals surface area contributed by atoms with E-state index in [0.29, 0.717) is 5.56 Å². The lowest BCUT2D eigenvalue weighted by molar-refractivity contribution is 1.04. The SMILES string of the molecule is [2H]/C(=C(/[2H])c1ccc2c(c1)c(C)c(C)n2-c1ccccc1)c1ccc(N(c2ccc3ccccc3c2)c2ccc3ccccc3c2)cc1. The van der Waals surface area contributed by atoms with Crippen LogP contribution in [0.15, 0.2) is 158 Å². The zero-order valence-electron chi connectivity index (χ0n) is 27.9. The van der Waals surface area contributed by atoms with Crippen molar-refractivity contribution in [2.75, 3.05) is 4.90 Å². The van der Waals surface area contributed by atoms with Gasteiger partial charge >= 0.3 is 0 Å². The van der Waals surface area contributed by atoms with Crippen LogP contribution in [-0.4, -0.2) is 4.57 Å². The second-order valence-corrected chi connectivity index (χ2v) is 11.8. The normalized spacial score (nSPS) is 12.7. The molecule has 0 amide bonds. The molecule has 0 bridgehead atoms. The number of aryl methyl sites for hydroxylation is 1.